The third-order valence-electron chi connectivity index (χ3n) is 11.4. The van der Waals surface area contributed by atoms with E-state index in [1.165, 1.54) is 83.5 Å². The van der Waals surface area contributed by atoms with Gasteiger partial charge in [0.25, 0.3) is 0 Å². The first-order valence-corrected chi connectivity index (χ1v) is 24.9. The van der Waals surface area contributed by atoms with E-state index in [4.69, 9.17) is 14.2 Å². The minimum Gasteiger partial charge on any atom is -0.466 e. The van der Waals surface area contributed by atoms with E-state index in [1.54, 1.807) is 6.08 Å². The molecule has 360 valence electrons. The highest BCUT2D eigenvalue weighted by Crippen LogP contribution is 2.22. The molecule has 1 rings (SSSR count). The summed E-state index contributed by atoms with van der Waals surface area (Å²) in [5.41, 5.74) is 0. The molecule has 0 saturated carbocycles. The van der Waals surface area contributed by atoms with Crippen LogP contribution in [0.5, 0.6) is 0 Å². The molecule has 11 heteroatoms. The van der Waals surface area contributed by atoms with Gasteiger partial charge in [-0.1, -0.05) is 140 Å². The zero-order valence-electron chi connectivity index (χ0n) is 39.1. The molecule has 6 N–H and O–H groups in total. The van der Waals surface area contributed by atoms with Gasteiger partial charge in [0.05, 0.1) is 32.0 Å². The van der Waals surface area contributed by atoms with Crippen molar-refractivity contribution in [3.05, 3.63) is 48.6 Å². The van der Waals surface area contributed by atoms with Crippen LogP contribution in [0.4, 0.5) is 0 Å². The molecule has 7 atom stereocenters. The number of unbranched alkanes of at least 4 members (excludes halogenated alkanes) is 21. The molecule has 1 fully saturated rings. The Morgan fingerprint density at radius 1 is 0.581 bits per heavy atom. The van der Waals surface area contributed by atoms with E-state index in [1.807, 2.05) is 6.08 Å². The zero-order valence-corrected chi connectivity index (χ0v) is 39.1. The molecule has 1 amide bonds. The minimum atomic E-state index is -1.59. The number of carbonyl (C=O) groups is 2. The van der Waals surface area contributed by atoms with Crippen molar-refractivity contribution in [3.8, 4) is 0 Å². The summed E-state index contributed by atoms with van der Waals surface area (Å²) < 4.78 is 16.6. The Kier molecular flexibility index (Phi) is 38.4. The van der Waals surface area contributed by atoms with Crippen LogP contribution in [-0.4, -0.2) is 100 Å². The van der Waals surface area contributed by atoms with E-state index in [-0.39, 0.29) is 18.5 Å². The van der Waals surface area contributed by atoms with Gasteiger partial charge >= 0.3 is 5.97 Å². The molecule has 1 aliphatic rings. The van der Waals surface area contributed by atoms with Crippen LogP contribution in [-0.2, 0) is 23.8 Å². The molecule has 0 bridgehead atoms. The van der Waals surface area contributed by atoms with Crippen molar-refractivity contribution in [2.75, 3.05) is 19.8 Å². The number of aliphatic hydroxyl groups excluding tert-OH is 5. The summed E-state index contributed by atoms with van der Waals surface area (Å²) in [5, 5.41) is 54.0. The summed E-state index contributed by atoms with van der Waals surface area (Å²) in [5.74, 6) is -0.295. The molecular formula is C51H91NO10. The van der Waals surface area contributed by atoms with Crippen LogP contribution < -0.4 is 5.32 Å². The summed E-state index contributed by atoms with van der Waals surface area (Å²) in [4.78, 5) is 25.0. The second-order valence-corrected chi connectivity index (χ2v) is 17.1. The number of esters is 1. The van der Waals surface area contributed by atoms with E-state index in [0.717, 1.165) is 83.5 Å². The van der Waals surface area contributed by atoms with Crippen molar-refractivity contribution in [2.45, 2.75) is 243 Å². The quantitative estimate of drug-likeness (QED) is 0.0197. The van der Waals surface area contributed by atoms with E-state index >= 15 is 0 Å². The summed E-state index contributed by atoms with van der Waals surface area (Å²) >= 11 is 0. The van der Waals surface area contributed by atoms with Crippen molar-refractivity contribution < 1.29 is 49.3 Å². The molecule has 0 aromatic carbocycles. The fraction of sp³-hybridized carbons (Fsp3) is 0.804. The van der Waals surface area contributed by atoms with Gasteiger partial charge in [0.2, 0.25) is 5.91 Å². The SMILES string of the molecule is CCCCC/C=C/CC/C=C/C(O)C(COC1OC(CO)C(O)C(O)C1O)NC(=O)CCCCCCC/C=C\CCCCOC(=O)CCCCCCC/C=C\CCCCCCC. The Bertz CT molecular complexity index is 1170. The molecule has 0 aromatic heterocycles. The molecule has 11 nitrogen and oxygen atoms in total. The van der Waals surface area contributed by atoms with Crippen molar-refractivity contribution in [3.63, 3.8) is 0 Å². The number of nitrogens with one attached hydrogen (secondary N) is 1. The zero-order chi connectivity index (χ0) is 45.3. The van der Waals surface area contributed by atoms with Crippen LogP contribution in [0.25, 0.3) is 0 Å². The summed E-state index contributed by atoms with van der Waals surface area (Å²) in [7, 11) is 0. The van der Waals surface area contributed by atoms with Gasteiger partial charge in [0, 0.05) is 12.8 Å². The van der Waals surface area contributed by atoms with Gasteiger partial charge in [0.15, 0.2) is 6.29 Å². The van der Waals surface area contributed by atoms with Gasteiger partial charge in [-0.25, -0.2) is 0 Å². The first-order valence-electron chi connectivity index (χ1n) is 24.9. The highest BCUT2D eigenvalue weighted by atomic mass is 16.7. The Hall–Kier alpha value is -2.38. The van der Waals surface area contributed by atoms with Crippen LogP contribution >= 0.6 is 0 Å². The third kappa shape index (κ3) is 31.5. The molecule has 0 aliphatic carbocycles. The Balaban J connectivity index is 2.19. The maximum absolute atomic E-state index is 12.9. The highest BCUT2D eigenvalue weighted by molar-refractivity contribution is 5.76. The van der Waals surface area contributed by atoms with Crippen molar-refractivity contribution in [2.24, 2.45) is 0 Å². The second-order valence-electron chi connectivity index (χ2n) is 17.1. The number of hydrogen-bond donors (Lipinski definition) is 6. The first-order chi connectivity index (χ1) is 30.2. The average Bonchev–Trinajstić information content (AvgIpc) is 3.27. The Morgan fingerprint density at radius 2 is 1.05 bits per heavy atom. The van der Waals surface area contributed by atoms with Crippen LogP contribution in [0.1, 0.15) is 200 Å². The van der Waals surface area contributed by atoms with Crippen molar-refractivity contribution in [1.82, 2.24) is 5.32 Å². The summed E-state index contributed by atoms with van der Waals surface area (Å²) in [6.45, 7) is 4.13. The monoisotopic (exact) mass is 878 g/mol. The molecule has 0 radical (unpaired) electrons. The van der Waals surface area contributed by atoms with E-state index in [0.29, 0.717) is 25.9 Å². The van der Waals surface area contributed by atoms with Gasteiger partial charge < -0.3 is 45.1 Å². The Morgan fingerprint density at radius 3 is 1.63 bits per heavy atom. The number of rotatable bonds is 41. The van der Waals surface area contributed by atoms with Crippen LogP contribution in [0, 0.1) is 0 Å². The molecule has 7 unspecified atom stereocenters. The number of hydrogen-bond acceptors (Lipinski definition) is 10. The lowest BCUT2D eigenvalue weighted by molar-refractivity contribution is -0.302. The standard InChI is InChI=1S/C51H91NO10/c1-3-5-7-9-11-13-14-15-16-19-23-27-31-35-39-47(56)60-40-36-32-28-24-20-17-18-22-26-30-34-38-46(55)52-43(44(54)37-33-29-25-21-12-10-8-6-4-2)42-61-51-50(59)49(58)48(57)45(41-53)62-51/h12,14-15,20-21,24,33,37,43-45,48-51,53-54,57-59H,3-11,13,16-19,22-23,25-32,34-36,38-42H2,1-2H3,(H,52,55)/b15-14-,21-12+,24-20-,37-33+. The molecule has 1 saturated heterocycles. The second kappa shape index (κ2) is 41.3. The fourth-order valence-corrected chi connectivity index (χ4v) is 7.32. The van der Waals surface area contributed by atoms with Gasteiger partial charge in [-0.2, -0.15) is 0 Å². The number of allylic oxidation sites excluding steroid dienone is 7. The lowest BCUT2D eigenvalue weighted by Gasteiger charge is -2.40. The van der Waals surface area contributed by atoms with E-state index < -0.39 is 49.5 Å². The van der Waals surface area contributed by atoms with Crippen LogP contribution in [0.15, 0.2) is 48.6 Å². The van der Waals surface area contributed by atoms with Crippen LogP contribution in [0.2, 0.25) is 0 Å². The third-order valence-corrected chi connectivity index (χ3v) is 11.4. The minimum absolute atomic E-state index is 0.0685. The predicted octanol–water partition coefficient (Wildman–Crippen LogP) is 9.77. The van der Waals surface area contributed by atoms with Gasteiger partial charge in [-0.15, -0.1) is 0 Å². The summed E-state index contributed by atoms with van der Waals surface area (Å²) in [6, 6.07) is -0.848. The average molecular weight is 878 g/mol. The molecule has 62 heavy (non-hydrogen) atoms. The van der Waals surface area contributed by atoms with Gasteiger partial charge in [0.1, 0.15) is 24.4 Å². The fourth-order valence-electron chi connectivity index (χ4n) is 7.32. The van der Waals surface area contributed by atoms with Crippen LogP contribution in [0.3, 0.4) is 0 Å². The molecule has 1 aliphatic heterocycles. The molecular weight excluding hydrogens is 787 g/mol. The lowest BCUT2D eigenvalue weighted by atomic mass is 9.99. The Labute approximate surface area is 376 Å². The maximum Gasteiger partial charge on any atom is 0.305 e. The highest BCUT2D eigenvalue weighted by Gasteiger charge is 2.44. The van der Waals surface area contributed by atoms with E-state index in [2.05, 4.69) is 55.6 Å². The molecule has 1 heterocycles. The lowest BCUT2D eigenvalue weighted by Crippen LogP contribution is -2.60. The topological polar surface area (TPSA) is 175 Å². The summed E-state index contributed by atoms with van der Waals surface area (Å²) in [6.07, 6.45) is 39.2. The number of ether oxygens (including phenoxy) is 3. The smallest absolute Gasteiger partial charge is 0.305 e. The van der Waals surface area contributed by atoms with E-state index in [9.17, 15) is 35.1 Å². The molecule has 0 spiro atoms. The largest absolute Gasteiger partial charge is 0.466 e. The number of carbonyl (C=O) groups excluding carboxylic acids is 2. The number of aliphatic hydroxyl groups is 5. The predicted molar refractivity (Wildman–Crippen MR) is 250 cm³/mol. The van der Waals surface area contributed by atoms with Gasteiger partial charge in [-0.05, 0) is 96.3 Å². The van der Waals surface area contributed by atoms with Crippen molar-refractivity contribution in [1.29, 1.82) is 0 Å². The van der Waals surface area contributed by atoms with Crippen molar-refractivity contribution >= 4 is 11.9 Å². The van der Waals surface area contributed by atoms with Gasteiger partial charge in [-0.3, -0.25) is 9.59 Å². The number of amides is 1. The normalized spacial score (nSPS) is 20.5. The molecule has 0 aromatic rings. The maximum atomic E-state index is 12.9. The first kappa shape index (κ1) is 57.6.